The Morgan fingerprint density at radius 3 is 2.96 bits per heavy atom. The number of hydrogen-bond acceptors (Lipinski definition) is 6. The fourth-order valence-corrected chi connectivity index (χ4v) is 3.53. The van der Waals surface area contributed by atoms with Crippen molar-refractivity contribution in [2.75, 3.05) is 11.4 Å². The molecule has 1 atom stereocenters. The Hall–Kier alpha value is -2.77. The molecule has 8 nitrogen and oxygen atoms in total. The predicted octanol–water partition coefficient (Wildman–Crippen LogP) is 1.82. The molecule has 1 saturated heterocycles. The molecule has 1 fully saturated rings. The minimum absolute atomic E-state index is 0.120. The molecule has 0 aliphatic carbocycles. The van der Waals surface area contributed by atoms with Crippen LogP contribution in [0.5, 0.6) is 0 Å². The van der Waals surface area contributed by atoms with Crippen LogP contribution in [0.2, 0.25) is 0 Å². The van der Waals surface area contributed by atoms with Gasteiger partial charge in [-0.25, -0.2) is 15.0 Å². The minimum atomic E-state index is 0.120. The van der Waals surface area contributed by atoms with Gasteiger partial charge in [0.2, 0.25) is 0 Å². The first-order valence-electron chi connectivity index (χ1n) is 8.61. The quantitative estimate of drug-likeness (QED) is 0.660. The van der Waals surface area contributed by atoms with Gasteiger partial charge in [0.1, 0.15) is 6.33 Å². The standard InChI is InChI=1S/C17H21N7O/c1-3-23-11-20-15-16(23)18-10-19-17(15)24-6-4-5-13(24)7-14(25)12-8-21-22(2)9-12/h8-11,13H,3-7H2,1-2H3/t13-/m0/s1. The van der Waals surface area contributed by atoms with Crippen molar-refractivity contribution in [3.05, 3.63) is 30.6 Å². The first-order chi connectivity index (χ1) is 12.2. The molecule has 3 aromatic heterocycles. The summed E-state index contributed by atoms with van der Waals surface area (Å²) in [5.74, 6) is 0.952. The van der Waals surface area contributed by atoms with E-state index in [0.717, 1.165) is 42.9 Å². The van der Waals surface area contributed by atoms with Crippen molar-refractivity contribution in [3.63, 3.8) is 0 Å². The molecule has 0 saturated carbocycles. The SMILES string of the molecule is CCn1cnc2c(N3CCC[C@H]3CC(=O)c3cnn(C)c3)ncnc21. The average Bonchev–Trinajstić information content (AvgIpc) is 3.33. The number of nitrogens with zero attached hydrogens (tertiary/aromatic N) is 7. The van der Waals surface area contributed by atoms with E-state index < -0.39 is 0 Å². The van der Waals surface area contributed by atoms with E-state index in [-0.39, 0.29) is 11.8 Å². The zero-order chi connectivity index (χ0) is 17.4. The van der Waals surface area contributed by atoms with E-state index in [2.05, 4.69) is 31.9 Å². The molecule has 0 spiro atoms. The Kier molecular flexibility index (Phi) is 3.95. The third kappa shape index (κ3) is 2.77. The summed E-state index contributed by atoms with van der Waals surface area (Å²) < 4.78 is 3.66. The lowest BCUT2D eigenvalue weighted by molar-refractivity contribution is 0.0974. The number of aryl methyl sites for hydroxylation is 2. The van der Waals surface area contributed by atoms with Gasteiger partial charge in [-0.3, -0.25) is 9.48 Å². The Bertz CT molecular complexity index is 913. The molecule has 4 heterocycles. The molecule has 0 unspecified atom stereocenters. The van der Waals surface area contributed by atoms with E-state index in [1.807, 2.05) is 11.6 Å². The van der Waals surface area contributed by atoms with Gasteiger partial charge in [0, 0.05) is 38.8 Å². The molecule has 0 N–H and O–H groups in total. The lowest BCUT2D eigenvalue weighted by atomic mass is 10.0. The molecule has 0 bridgehead atoms. The summed E-state index contributed by atoms with van der Waals surface area (Å²) in [7, 11) is 1.82. The highest BCUT2D eigenvalue weighted by Crippen LogP contribution is 2.30. The van der Waals surface area contributed by atoms with E-state index in [1.54, 1.807) is 29.7 Å². The number of imidazole rings is 1. The molecule has 1 aliphatic rings. The molecule has 0 amide bonds. The van der Waals surface area contributed by atoms with Gasteiger partial charge in [0.05, 0.1) is 18.1 Å². The number of aromatic nitrogens is 6. The summed E-state index contributed by atoms with van der Waals surface area (Å²) in [6.07, 6.45) is 9.28. The second-order valence-corrected chi connectivity index (χ2v) is 6.42. The van der Waals surface area contributed by atoms with Crippen molar-refractivity contribution in [1.82, 2.24) is 29.3 Å². The van der Waals surface area contributed by atoms with Crippen LogP contribution in [0.25, 0.3) is 11.2 Å². The van der Waals surface area contributed by atoms with Crippen LogP contribution in [0.15, 0.2) is 25.0 Å². The Labute approximate surface area is 145 Å². The van der Waals surface area contributed by atoms with Crippen molar-refractivity contribution in [1.29, 1.82) is 0 Å². The third-order valence-electron chi connectivity index (χ3n) is 4.82. The predicted molar refractivity (Wildman–Crippen MR) is 93.5 cm³/mol. The van der Waals surface area contributed by atoms with Gasteiger partial charge in [-0.1, -0.05) is 0 Å². The maximum Gasteiger partial charge on any atom is 0.168 e. The maximum absolute atomic E-state index is 12.6. The van der Waals surface area contributed by atoms with Crippen LogP contribution in [-0.4, -0.2) is 47.7 Å². The highest BCUT2D eigenvalue weighted by Gasteiger charge is 2.30. The molecule has 25 heavy (non-hydrogen) atoms. The summed E-state index contributed by atoms with van der Waals surface area (Å²) in [5, 5.41) is 4.09. The number of fused-ring (bicyclic) bond motifs is 1. The third-order valence-corrected chi connectivity index (χ3v) is 4.82. The van der Waals surface area contributed by atoms with Crippen LogP contribution in [0.1, 0.15) is 36.5 Å². The highest BCUT2D eigenvalue weighted by molar-refractivity contribution is 5.96. The molecule has 8 heteroatoms. The smallest absolute Gasteiger partial charge is 0.168 e. The molecular weight excluding hydrogens is 318 g/mol. The fourth-order valence-electron chi connectivity index (χ4n) is 3.53. The largest absolute Gasteiger partial charge is 0.351 e. The van der Waals surface area contributed by atoms with Crippen molar-refractivity contribution >= 4 is 22.8 Å². The van der Waals surface area contributed by atoms with Crippen molar-refractivity contribution in [2.24, 2.45) is 7.05 Å². The Morgan fingerprint density at radius 1 is 1.32 bits per heavy atom. The van der Waals surface area contributed by atoms with Gasteiger partial charge in [0.25, 0.3) is 0 Å². The van der Waals surface area contributed by atoms with Crippen molar-refractivity contribution < 1.29 is 4.79 Å². The number of anilines is 1. The van der Waals surface area contributed by atoms with Gasteiger partial charge in [0.15, 0.2) is 22.8 Å². The van der Waals surface area contributed by atoms with Crippen LogP contribution in [0.4, 0.5) is 5.82 Å². The Balaban J connectivity index is 1.61. The summed E-state index contributed by atoms with van der Waals surface area (Å²) in [5.41, 5.74) is 2.32. The number of carbonyl (C=O) groups is 1. The first kappa shape index (κ1) is 15.7. The van der Waals surface area contributed by atoms with Gasteiger partial charge in [-0.15, -0.1) is 0 Å². The highest BCUT2D eigenvalue weighted by atomic mass is 16.1. The van der Waals surface area contributed by atoms with Crippen molar-refractivity contribution in [2.45, 2.75) is 38.8 Å². The van der Waals surface area contributed by atoms with Crippen LogP contribution < -0.4 is 4.90 Å². The lowest BCUT2D eigenvalue weighted by Crippen LogP contribution is -2.32. The second kappa shape index (κ2) is 6.27. The van der Waals surface area contributed by atoms with E-state index in [0.29, 0.717) is 12.0 Å². The molecule has 130 valence electrons. The van der Waals surface area contributed by atoms with Crippen molar-refractivity contribution in [3.8, 4) is 0 Å². The Morgan fingerprint density at radius 2 is 2.20 bits per heavy atom. The van der Waals surface area contributed by atoms with Crippen LogP contribution in [0.3, 0.4) is 0 Å². The molecule has 3 aromatic rings. The molecule has 1 aliphatic heterocycles. The number of rotatable bonds is 5. The summed E-state index contributed by atoms with van der Waals surface area (Å²) in [6, 6.07) is 0.137. The van der Waals surface area contributed by atoms with Gasteiger partial charge in [-0.2, -0.15) is 5.10 Å². The summed E-state index contributed by atoms with van der Waals surface area (Å²) in [6.45, 7) is 3.76. The van der Waals surface area contributed by atoms with E-state index in [1.165, 1.54) is 0 Å². The first-order valence-corrected chi connectivity index (χ1v) is 8.61. The monoisotopic (exact) mass is 339 g/mol. The van der Waals surface area contributed by atoms with Gasteiger partial charge >= 0.3 is 0 Å². The molecule has 0 aromatic carbocycles. The van der Waals surface area contributed by atoms with Crippen LogP contribution in [0, 0.1) is 0 Å². The zero-order valence-corrected chi connectivity index (χ0v) is 14.5. The zero-order valence-electron chi connectivity index (χ0n) is 14.5. The number of ketones is 1. The van der Waals surface area contributed by atoms with Gasteiger partial charge < -0.3 is 9.47 Å². The molecule has 0 radical (unpaired) electrons. The fraction of sp³-hybridized carbons (Fsp3) is 0.471. The topological polar surface area (TPSA) is 81.7 Å². The number of hydrogen-bond donors (Lipinski definition) is 0. The molecular formula is C17H21N7O. The summed E-state index contributed by atoms with van der Waals surface area (Å²) >= 11 is 0. The van der Waals surface area contributed by atoms with Crippen LogP contribution >= 0.6 is 0 Å². The number of carbonyl (C=O) groups excluding carboxylic acids is 1. The van der Waals surface area contributed by atoms with Gasteiger partial charge in [-0.05, 0) is 19.8 Å². The summed E-state index contributed by atoms with van der Waals surface area (Å²) in [4.78, 5) is 28.1. The normalized spacial score (nSPS) is 17.5. The van der Waals surface area contributed by atoms with Crippen LogP contribution in [-0.2, 0) is 13.6 Å². The van der Waals surface area contributed by atoms with E-state index >= 15 is 0 Å². The molecule has 4 rings (SSSR count). The lowest BCUT2D eigenvalue weighted by Gasteiger charge is -2.25. The van der Waals surface area contributed by atoms with E-state index in [4.69, 9.17) is 0 Å². The van der Waals surface area contributed by atoms with E-state index in [9.17, 15) is 4.79 Å². The second-order valence-electron chi connectivity index (χ2n) is 6.42. The average molecular weight is 339 g/mol. The minimum Gasteiger partial charge on any atom is -0.351 e. The number of Topliss-reactive ketones (excluding diaryl/α,β-unsaturated/α-hetero) is 1. The maximum atomic E-state index is 12.6.